The summed E-state index contributed by atoms with van der Waals surface area (Å²) in [5, 5.41) is 3.29. The molecule has 0 spiro atoms. The summed E-state index contributed by atoms with van der Waals surface area (Å²) in [6.45, 7) is 3.66. The topological polar surface area (TPSA) is 59.0 Å². The van der Waals surface area contributed by atoms with Crippen molar-refractivity contribution in [3.8, 4) is 0 Å². The van der Waals surface area contributed by atoms with Gasteiger partial charge in [0.2, 0.25) is 0 Å². The van der Waals surface area contributed by atoms with Gasteiger partial charge in [-0.15, -0.1) is 11.3 Å². The molecule has 6 heteroatoms. The van der Waals surface area contributed by atoms with Crippen molar-refractivity contribution >= 4 is 17.2 Å². The summed E-state index contributed by atoms with van der Waals surface area (Å²) in [5.74, 6) is 0.380. The van der Waals surface area contributed by atoms with Gasteiger partial charge in [-0.05, 0) is 19.3 Å². The Bertz CT molecular complexity index is 613. The SMILES string of the molecule is CCc1csc(C2CCCN(C(=O)c3cncnc3)C2)n1. The molecule has 2 aromatic rings. The third kappa shape index (κ3) is 3.10. The average molecular weight is 302 g/mol. The zero-order chi connectivity index (χ0) is 14.7. The molecule has 0 aliphatic carbocycles. The first-order valence-electron chi connectivity index (χ1n) is 7.26. The highest BCUT2D eigenvalue weighted by molar-refractivity contribution is 7.09. The van der Waals surface area contributed by atoms with E-state index in [9.17, 15) is 4.79 Å². The number of aryl methyl sites for hydroxylation is 1. The van der Waals surface area contributed by atoms with Crippen LogP contribution in [-0.4, -0.2) is 38.8 Å². The van der Waals surface area contributed by atoms with Crippen LogP contribution in [0.1, 0.15) is 46.7 Å². The molecule has 3 rings (SSSR count). The molecule has 1 amide bonds. The second kappa shape index (κ2) is 6.30. The van der Waals surface area contributed by atoms with Gasteiger partial charge in [0.15, 0.2) is 0 Å². The molecule has 2 aromatic heterocycles. The minimum atomic E-state index is 0.0209. The monoisotopic (exact) mass is 302 g/mol. The van der Waals surface area contributed by atoms with Crippen LogP contribution in [0.2, 0.25) is 0 Å². The Balaban J connectivity index is 1.72. The number of hydrogen-bond donors (Lipinski definition) is 0. The molecule has 1 aliphatic rings. The molecule has 1 atom stereocenters. The molecule has 0 radical (unpaired) electrons. The number of thiazole rings is 1. The van der Waals surface area contributed by atoms with Gasteiger partial charge in [-0.1, -0.05) is 6.92 Å². The normalized spacial score (nSPS) is 18.7. The maximum atomic E-state index is 12.5. The largest absolute Gasteiger partial charge is 0.338 e. The van der Waals surface area contributed by atoms with E-state index in [1.165, 1.54) is 6.33 Å². The van der Waals surface area contributed by atoms with Gasteiger partial charge >= 0.3 is 0 Å². The summed E-state index contributed by atoms with van der Waals surface area (Å²) >= 11 is 1.72. The van der Waals surface area contributed by atoms with Crippen LogP contribution in [0.5, 0.6) is 0 Å². The van der Waals surface area contributed by atoms with Crippen LogP contribution < -0.4 is 0 Å². The molecule has 0 bridgehead atoms. The third-order valence-corrected chi connectivity index (χ3v) is 4.85. The number of rotatable bonds is 3. The summed E-state index contributed by atoms with van der Waals surface area (Å²) in [5.41, 5.74) is 1.71. The fourth-order valence-electron chi connectivity index (χ4n) is 2.63. The maximum absolute atomic E-state index is 12.5. The number of piperidine rings is 1. The lowest BCUT2D eigenvalue weighted by molar-refractivity contribution is 0.0706. The number of carbonyl (C=O) groups is 1. The van der Waals surface area contributed by atoms with Crippen LogP contribution in [0.25, 0.3) is 0 Å². The summed E-state index contributed by atoms with van der Waals surface area (Å²) in [7, 11) is 0. The smallest absolute Gasteiger partial charge is 0.257 e. The number of carbonyl (C=O) groups excluding carboxylic acids is 1. The first-order valence-corrected chi connectivity index (χ1v) is 8.14. The first-order chi connectivity index (χ1) is 10.3. The number of nitrogens with zero attached hydrogens (tertiary/aromatic N) is 4. The second-order valence-electron chi connectivity index (χ2n) is 5.25. The van der Waals surface area contributed by atoms with Crippen LogP contribution in [0.4, 0.5) is 0 Å². The highest BCUT2D eigenvalue weighted by Crippen LogP contribution is 2.29. The Hall–Kier alpha value is -1.82. The summed E-state index contributed by atoms with van der Waals surface area (Å²) in [6.07, 6.45) is 7.69. The van der Waals surface area contributed by atoms with Crippen molar-refractivity contribution in [2.24, 2.45) is 0 Å². The predicted octanol–water partition coefficient (Wildman–Crippen LogP) is 2.52. The zero-order valence-electron chi connectivity index (χ0n) is 12.0. The quantitative estimate of drug-likeness (QED) is 0.874. The van der Waals surface area contributed by atoms with Gasteiger partial charge in [0, 0.05) is 36.8 Å². The molecule has 1 aliphatic heterocycles. The molecule has 110 valence electrons. The van der Waals surface area contributed by atoms with Gasteiger partial charge in [0.05, 0.1) is 16.3 Å². The van der Waals surface area contributed by atoms with Gasteiger partial charge in [-0.3, -0.25) is 4.79 Å². The van der Waals surface area contributed by atoms with Gasteiger partial charge in [-0.2, -0.15) is 0 Å². The van der Waals surface area contributed by atoms with Crippen molar-refractivity contribution in [3.05, 3.63) is 40.4 Å². The maximum Gasteiger partial charge on any atom is 0.257 e. The molecule has 3 heterocycles. The van der Waals surface area contributed by atoms with Crippen molar-refractivity contribution in [2.75, 3.05) is 13.1 Å². The number of aromatic nitrogens is 3. The lowest BCUT2D eigenvalue weighted by Crippen LogP contribution is -2.39. The molecule has 0 aromatic carbocycles. The van der Waals surface area contributed by atoms with Crippen molar-refractivity contribution in [1.82, 2.24) is 19.9 Å². The fourth-order valence-corrected chi connectivity index (χ4v) is 3.66. The van der Waals surface area contributed by atoms with E-state index in [1.54, 1.807) is 23.7 Å². The van der Waals surface area contributed by atoms with E-state index in [0.29, 0.717) is 11.5 Å². The second-order valence-corrected chi connectivity index (χ2v) is 6.14. The summed E-state index contributed by atoms with van der Waals surface area (Å²) in [4.78, 5) is 26.9. The molecule has 1 unspecified atom stereocenters. The molecule has 1 fully saturated rings. The van der Waals surface area contributed by atoms with Gasteiger partial charge < -0.3 is 4.90 Å². The van der Waals surface area contributed by atoms with Crippen molar-refractivity contribution in [3.63, 3.8) is 0 Å². The van der Waals surface area contributed by atoms with E-state index in [1.807, 2.05) is 4.90 Å². The third-order valence-electron chi connectivity index (χ3n) is 3.80. The van der Waals surface area contributed by atoms with Gasteiger partial charge in [-0.25, -0.2) is 15.0 Å². The average Bonchev–Trinajstić information content (AvgIpc) is 3.04. The minimum absolute atomic E-state index is 0.0209. The van der Waals surface area contributed by atoms with Crippen molar-refractivity contribution in [2.45, 2.75) is 32.1 Å². The Kier molecular flexibility index (Phi) is 4.24. The van der Waals surface area contributed by atoms with Crippen LogP contribution in [-0.2, 0) is 6.42 Å². The van der Waals surface area contributed by atoms with Crippen molar-refractivity contribution < 1.29 is 4.79 Å². The van der Waals surface area contributed by atoms with Crippen LogP contribution >= 0.6 is 11.3 Å². The Morgan fingerprint density at radius 3 is 2.95 bits per heavy atom. The van der Waals surface area contributed by atoms with E-state index in [0.717, 1.165) is 43.1 Å². The number of amides is 1. The van der Waals surface area contributed by atoms with Crippen LogP contribution in [0.15, 0.2) is 24.1 Å². The molecular formula is C15H18N4OS. The summed E-state index contributed by atoms with van der Waals surface area (Å²) < 4.78 is 0. The van der Waals surface area contributed by atoms with E-state index in [-0.39, 0.29) is 5.91 Å². The predicted molar refractivity (Wildman–Crippen MR) is 81.4 cm³/mol. The van der Waals surface area contributed by atoms with Crippen molar-refractivity contribution in [1.29, 1.82) is 0 Å². The van der Waals surface area contributed by atoms with E-state index >= 15 is 0 Å². The highest BCUT2D eigenvalue weighted by Gasteiger charge is 2.27. The van der Waals surface area contributed by atoms with Gasteiger partial charge in [0.25, 0.3) is 5.91 Å². The Morgan fingerprint density at radius 1 is 1.43 bits per heavy atom. The molecule has 21 heavy (non-hydrogen) atoms. The standard InChI is InChI=1S/C15H18N4OS/c1-2-13-9-21-14(18-13)11-4-3-5-19(8-11)15(20)12-6-16-10-17-7-12/h6-7,9-11H,2-5,8H2,1H3. The van der Waals surface area contributed by atoms with E-state index in [2.05, 4.69) is 27.3 Å². The van der Waals surface area contributed by atoms with E-state index in [4.69, 9.17) is 0 Å². The number of hydrogen-bond acceptors (Lipinski definition) is 5. The van der Waals surface area contributed by atoms with Crippen LogP contribution in [0, 0.1) is 0 Å². The molecular weight excluding hydrogens is 284 g/mol. The van der Waals surface area contributed by atoms with Crippen LogP contribution in [0.3, 0.4) is 0 Å². The lowest BCUT2D eigenvalue weighted by atomic mass is 9.98. The molecule has 5 nitrogen and oxygen atoms in total. The lowest BCUT2D eigenvalue weighted by Gasteiger charge is -2.31. The fraction of sp³-hybridized carbons (Fsp3) is 0.467. The molecule has 1 saturated heterocycles. The zero-order valence-corrected chi connectivity index (χ0v) is 12.8. The highest BCUT2D eigenvalue weighted by atomic mass is 32.1. The Labute approximate surface area is 128 Å². The molecule has 0 N–H and O–H groups in total. The summed E-state index contributed by atoms with van der Waals surface area (Å²) in [6, 6.07) is 0. The number of likely N-dealkylation sites (tertiary alicyclic amines) is 1. The molecule has 0 saturated carbocycles. The first kappa shape index (κ1) is 14.1. The Morgan fingerprint density at radius 2 is 2.24 bits per heavy atom. The minimum Gasteiger partial charge on any atom is -0.338 e. The van der Waals surface area contributed by atoms with E-state index < -0.39 is 0 Å². The van der Waals surface area contributed by atoms with Gasteiger partial charge in [0.1, 0.15) is 6.33 Å².